The highest BCUT2D eigenvalue weighted by Gasteiger charge is 2.55. The highest BCUT2D eigenvalue weighted by atomic mass is 16.5. The molecule has 2 aromatic rings. The lowest BCUT2D eigenvalue weighted by Gasteiger charge is -2.22. The highest BCUT2D eigenvalue weighted by Crippen LogP contribution is 2.42. The van der Waals surface area contributed by atoms with Crippen LogP contribution in [0.15, 0.2) is 42.5 Å². The first-order chi connectivity index (χ1) is 12.6. The lowest BCUT2D eigenvalue weighted by molar-refractivity contribution is -0.132. The van der Waals surface area contributed by atoms with Gasteiger partial charge in [-0.1, -0.05) is 24.3 Å². The molecule has 0 saturated carbocycles. The monoisotopic (exact) mass is 352 g/mol. The summed E-state index contributed by atoms with van der Waals surface area (Å²) in [5, 5.41) is 2.94. The van der Waals surface area contributed by atoms with Crippen molar-refractivity contribution >= 4 is 11.9 Å². The Bertz CT molecular complexity index is 895. The van der Waals surface area contributed by atoms with E-state index in [2.05, 4.69) is 5.32 Å². The maximum Gasteiger partial charge on any atom is 0.325 e. The number of hydrogen-bond acceptors (Lipinski definition) is 4. The minimum absolute atomic E-state index is 0.134. The van der Waals surface area contributed by atoms with Gasteiger partial charge in [0.2, 0.25) is 0 Å². The number of nitrogens with one attached hydrogen (secondary N) is 1. The molecule has 2 aliphatic rings. The van der Waals surface area contributed by atoms with Crippen molar-refractivity contribution in [1.29, 1.82) is 0 Å². The normalized spacial score (nSPS) is 21.1. The second kappa shape index (κ2) is 6.05. The third-order valence-electron chi connectivity index (χ3n) is 5.24. The summed E-state index contributed by atoms with van der Waals surface area (Å²) in [7, 11) is 3.13. The Kier molecular flexibility index (Phi) is 3.83. The molecule has 1 aliphatic carbocycles. The molecule has 26 heavy (non-hydrogen) atoms. The van der Waals surface area contributed by atoms with Crippen LogP contribution in [-0.2, 0) is 23.3 Å². The zero-order valence-corrected chi connectivity index (χ0v) is 14.7. The minimum Gasteiger partial charge on any atom is -0.497 e. The van der Waals surface area contributed by atoms with Gasteiger partial charge < -0.3 is 14.8 Å². The summed E-state index contributed by atoms with van der Waals surface area (Å²) >= 11 is 0. The van der Waals surface area contributed by atoms with Gasteiger partial charge in [0.05, 0.1) is 20.8 Å². The van der Waals surface area contributed by atoms with Crippen LogP contribution in [0.4, 0.5) is 4.79 Å². The predicted molar refractivity (Wildman–Crippen MR) is 95.1 cm³/mol. The van der Waals surface area contributed by atoms with E-state index in [1.54, 1.807) is 32.4 Å². The van der Waals surface area contributed by atoms with E-state index in [1.165, 1.54) is 4.90 Å². The Labute approximate surface area is 151 Å². The van der Waals surface area contributed by atoms with Crippen LogP contribution < -0.4 is 14.8 Å². The summed E-state index contributed by atoms with van der Waals surface area (Å²) in [6, 6.07) is 12.8. The maximum atomic E-state index is 13.2. The summed E-state index contributed by atoms with van der Waals surface area (Å²) in [6.07, 6.45) is 1.36. The van der Waals surface area contributed by atoms with E-state index in [-0.39, 0.29) is 18.5 Å². The van der Waals surface area contributed by atoms with Crippen molar-refractivity contribution < 1.29 is 19.1 Å². The lowest BCUT2D eigenvalue weighted by atomic mass is 9.92. The minimum atomic E-state index is -0.945. The van der Waals surface area contributed by atoms with Gasteiger partial charge in [0.1, 0.15) is 17.0 Å². The van der Waals surface area contributed by atoms with Crippen LogP contribution in [0, 0.1) is 0 Å². The fourth-order valence-electron chi connectivity index (χ4n) is 3.91. The van der Waals surface area contributed by atoms with E-state index in [1.807, 2.05) is 24.3 Å². The molecule has 134 valence electrons. The third-order valence-corrected chi connectivity index (χ3v) is 5.24. The summed E-state index contributed by atoms with van der Waals surface area (Å²) < 4.78 is 10.6. The topological polar surface area (TPSA) is 67.9 Å². The summed E-state index contributed by atoms with van der Waals surface area (Å²) in [5.74, 6) is 1.05. The number of nitrogens with zero attached hydrogens (tertiary/aromatic N) is 1. The number of imide groups is 1. The third kappa shape index (κ3) is 2.33. The number of benzene rings is 2. The molecule has 0 aromatic heterocycles. The molecule has 4 rings (SSSR count). The van der Waals surface area contributed by atoms with Crippen LogP contribution in [0.25, 0.3) is 0 Å². The average molecular weight is 352 g/mol. The molecule has 0 bridgehead atoms. The van der Waals surface area contributed by atoms with Crippen molar-refractivity contribution in [2.75, 3.05) is 14.2 Å². The Morgan fingerprint density at radius 2 is 1.92 bits per heavy atom. The molecule has 1 aliphatic heterocycles. The molecule has 3 amide bonds. The van der Waals surface area contributed by atoms with Gasteiger partial charge in [-0.2, -0.15) is 0 Å². The van der Waals surface area contributed by atoms with Crippen molar-refractivity contribution in [2.24, 2.45) is 0 Å². The Hall–Kier alpha value is -3.02. The van der Waals surface area contributed by atoms with Gasteiger partial charge in [0.15, 0.2) is 0 Å². The molecule has 2 aromatic carbocycles. The van der Waals surface area contributed by atoms with Crippen molar-refractivity contribution in [3.05, 3.63) is 59.2 Å². The van der Waals surface area contributed by atoms with E-state index < -0.39 is 5.54 Å². The van der Waals surface area contributed by atoms with Gasteiger partial charge in [-0.25, -0.2) is 4.79 Å². The number of aryl methyl sites for hydroxylation is 1. The van der Waals surface area contributed by atoms with E-state index in [4.69, 9.17) is 9.47 Å². The smallest absolute Gasteiger partial charge is 0.325 e. The van der Waals surface area contributed by atoms with Gasteiger partial charge in [-0.15, -0.1) is 0 Å². The van der Waals surface area contributed by atoms with Crippen molar-refractivity contribution in [3.8, 4) is 11.5 Å². The van der Waals surface area contributed by atoms with Crippen molar-refractivity contribution in [3.63, 3.8) is 0 Å². The fraction of sp³-hybridized carbons (Fsp3) is 0.300. The number of carbonyl (C=O) groups is 2. The molecule has 1 N–H and O–H groups in total. The van der Waals surface area contributed by atoms with Crippen LogP contribution in [-0.4, -0.2) is 31.1 Å². The number of hydrogen-bond donors (Lipinski definition) is 1. The van der Waals surface area contributed by atoms with E-state index in [0.29, 0.717) is 17.9 Å². The molecular formula is C20H20N2O4. The van der Waals surface area contributed by atoms with E-state index >= 15 is 0 Å². The maximum absolute atomic E-state index is 13.2. The molecular weight excluding hydrogens is 332 g/mol. The predicted octanol–water partition coefficient (Wildman–Crippen LogP) is 2.60. The van der Waals surface area contributed by atoms with E-state index in [0.717, 1.165) is 23.1 Å². The molecule has 1 spiro atoms. The molecule has 6 heteroatoms. The highest BCUT2D eigenvalue weighted by molar-refractivity contribution is 6.08. The molecule has 1 heterocycles. The first kappa shape index (κ1) is 16.4. The fourth-order valence-corrected chi connectivity index (χ4v) is 3.91. The molecule has 6 nitrogen and oxygen atoms in total. The van der Waals surface area contributed by atoms with Gasteiger partial charge in [-0.3, -0.25) is 9.69 Å². The number of fused-ring (bicyclic) bond motifs is 2. The second-order valence-corrected chi connectivity index (χ2v) is 6.56. The van der Waals surface area contributed by atoms with Crippen LogP contribution in [0.1, 0.15) is 23.1 Å². The summed E-state index contributed by atoms with van der Waals surface area (Å²) in [5.41, 5.74) is 1.79. The SMILES string of the molecule is COc1ccc(OC)c(CN2C(=O)N[C@]3(CCc4ccccc43)C2=O)c1. The van der Waals surface area contributed by atoms with Gasteiger partial charge in [-0.05, 0) is 42.2 Å². The van der Waals surface area contributed by atoms with Crippen molar-refractivity contribution in [2.45, 2.75) is 24.9 Å². The van der Waals surface area contributed by atoms with Gasteiger partial charge >= 0.3 is 6.03 Å². The largest absolute Gasteiger partial charge is 0.497 e. The lowest BCUT2D eigenvalue weighted by Crippen LogP contribution is -2.41. The van der Waals surface area contributed by atoms with Crippen LogP contribution in [0.5, 0.6) is 11.5 Å². The van der Waals surface area contributed by atoms with Gasteiger partial charge in [0, 0.05) is 5.56 Å². The molecule has 0 unspecified atom stereocenters. The number of ether oxygens (including phenoxy) is 2. The average Bonchev–Trinajstić information content (AvgIpc) is 3.15. The summed E-state index contributed by atoms with van der Waals surface area (Å²) in [4.78, 5) is 27.1. The molecule has 1 fully saturated rings. The van der Waals surface area contributed by atoms with Gasteiger partial charge in [0.25, 0.3) is 5.91 Å². The first-order valence-corrected chi connectivity index (χ1v) is 8.52. The number of methoxy groups -OCH3 is 2. The van der Waals surface area contributed by atoms with E-state index in [9.17, 15) is 9.59 Å². The second-order valence-electron chi connectivity index (χ2n) is 6.56. The zero-order chi connectivity index (χ0) is 18.3. The van der Waals surface area contributed by atoms with Crippen molar-refractivity contribution in [1.82, 2.24) is 10.2 Å². The van der Waals surface area contributed by atoms with Crippen LogP contribution in [0.3, 0.4) is 0 Å². The molecule has 0 radical (unpaired) electrons. The first-order valence-electron chi connectivity index (χ1n) is 8.52. The molecule has 1 saturated heterocycles. The Balaban J connectivity index is 1.68. The van der Waals surface area contributed by atoms with Crippen LogP contribution >= 0.6 is 0 Å². The molecule has 1 atom stereocenters. The van der Waals surface area contributed by atoms with Crippen LogP contribution in [0.2, 0.25) is 0 Å². The standard InChI is InChI=1S/C20H20N2O4/c1-25-15-7-8-17(26-2)14(11-15)12-22-18(23)20(21-19(22)24)10-9-13-5-3-4-6-16(13)20/h3-8,11H,9-10,12H2,1-2H3,(H,21,24)/t20-/m0/s1. The number of rotatable bonds is 4. The number of carbonyl (C=O) groups excluding carboxylic acids is 2. The number of amides is 3. The summed E-state index contributed by atoms with van der Waals surface area (Å²) in [6.45, 7) is 0.134. The Morgan fingerprint density at radius 1 is 1.12 bits per heavy atom. The zero-order valence-electron chi connectivity index (χ0n) is 14.7. The Morgan fingerprint density at radius 3 is 2.69 bits per heavy atom. The quantitative estimate of drug-likeness (QED) is 0.859. The number of urea groups is 1.